The number of aliphatic hydroxyl groups excluding tert-OH is 1. The molecule has 3 aliphatic carbocycles. The van der Waals surface area contributed by atoms with Crippen molar-refractivity contribution in [2.75, 3.05) is 27.3 Å². The summed E-state index contributed by atoms with van der Waals surface area (Å²) in [5, 5.41) is 27.6. The zero-order chi connectivity index (χ0) is 28.9. The zero-order valence-electron chi connectivity index (χ0n) is 23.7. The molecule has 0 saturated heterocycles. The summed E-state index contributed by atoms with van der Waals surface area (Å²) in [5.74, 6) is -3.74. The average Bonchev–Trinajstić information content (AvgIpc) is 3.31. The fraction of sp³-hybridized carbons (Fsp3) is 0.567. The van der Waals surface area contributed by atoms with Gasteiger partial charge in [0.2, 0.25) is 11.6 Å². The molecule has 2 aromatic rings. The number of aliphatic hydroxyl groups is 2. The summed E-state index contributed by atoms with van der Waals surface area (Å²) >= 11 is 0. The lowest BCUT2D eigenvalue weighted by Gasteiger charge is -2.49. The molecule has 0 amide bonds. The SMILES string of the molecule is CCCCOc1noc2c1C(=O)[C@@]1(O)C(=O)C3=C(O)c4c(c(F)cc(C)c4OCCCC)C[C@H]3C[C@H]1[C@@H]2N(C)C. The number of ether oxygens (including phenoxy) is 2. The molecule has 0 radical (unpaired) electrons. The van der Waals surface area contributed by atoms with Crippen molar-refractivity contribution in [3.05, 3.63) is 45.5 Å². The van der Waals surface area contributed by atoms with Crippen LogP contribution in [-0.4, -0.2) is 64.7 Å². The Morgan fingerprint density at radius 3 is 2.45 bits per heavy atom. The lowest BCUT2D eigenvalue weighted by molar-refractivity contribution is -0.142. The van der Waals surface area contributed by atoms with Gasteiger partial charge in [-0.1, -0.05) is 26.7 Å². The Morgan fingerprint density at radius 1 is 1.12 bits per heavy atom. The van der Waals surface area contributed by atoms with Crippen LogP contribution in [0.1, 0.15) is 84.8 Å². The molecule has 0 unspecified atom stereocenters. The lowest BCUT2D eigenvalue weighted by Crippen LogP contribution is -2.63. The smallest absolute Gasteiger partial charge is 0.265 e. The number of rotatable bonds is 9. The Kier molecular flexibility index (Phi) is 7.52. The molecule has 1 aromatic carbocycles. The van der Waals surface area contributed by atoms with Gasteiger partial charge < -0.3 is 24.2 Å². The van der Waals surface area contributed by atoms with Crippen LogP contribution in [0.4, 0.5) is 4.39 Å². The number of hydrogen-bond donors (Lipinski definition) is 2. The fourth-order valence-electron chi connectivity index (χ4n) is 6.48. The number of halogens is 1. The second-order valence-electron chi connectivity index (χ2n) is 11.3. The van der Waals surface area contributed by atoms with Crippen molar-refractivity contribution in [1.82, 2.24) is 10.1 Å². The summed E-state index contributed by atoms with van der Waals surface area (Å²) in [6, 6.07) is 0.700. The number of ketones is 2. The summed E-state index contributed by atoms with van der Waals surface area (Å²) in [6.45, 7) is 6.35. The molecule has 1 fully saturated rings. The van der Waals surface area contributed by atoms with E-state index in [1.54, 1.807) is 25.9 Å². The van der Waals surface area contributed by atoms with E-state index in [2.05, 4.69) is 5.16 Å². The summed E-state index contributed by atoms with van der Waals surface area (Å²) in [7, 11) is 3.52. The highest BCUT2D eigenvalue weighted by Gasteiger charge is 2.65. The monoisotopic (exact) mass is 556 g/mol. The number of nitrogens with zero attached hydrogens (tertiary/aromatic N) is 2. The number of fused-ring (bicyclic) bond motifs is 4. The van der Waals surface area contributed by atoms with Crippen LogP contribution in [0.25, 0.3) is 5.76 Å². The van der Waals surface area contributed by atoms with Crippen molar-refractivity contribution in [3.63, 3.8) is 0 Å². The highest BCUT2D eigenvalue weighted by atomic mass is 19.1. The first-order valence-corrected chi connectivity index (χ1v) is 14.1. The molecule has 1 saturated carbocycles. The second-order valence-corrected chi connectivity index (χ2v) is 11.3. The van der Waals surface area contributed by atoms with Crippen molar-refractivity contribution in [2.45, 2.75) is 70.9 Å². The van der Waals surface area contributed by atoms with Crippen LogP contribution in [0.3, 0.4) is 0 Å². The van der Waals surface area contributed by atoms with Gasteiger partial charge >= 0.3 is 0 Å². The number of carbonyl (C=O) groups is 2. The van der Waals surface area contributed by atoms with Crippen molar-refractivity contribution in [3.8, 4) is 11.6 Å². The fourth-order valence-corrected chi connectivity index (χ4v) is 6.48. The average molecular weight is 557 g/mol. The Hall–Kier alpha value is -3.24. The lowest BCUT2D eigenvalue weighted by atomic mass is 9.57. The first-order valence-electron chi connectivity index (χ1n) is 14.1. The predicted octanol–water partition coefficient (Wildman–Crippen LogP) is 4.74. The molecule has 0 bridgehead atoms. The van der Waals surface area contributed by atoms with E-state index in [1.807, 2.05) is 13.8 Å². The second kappa shape index (κ2) is 10.6. The number of aryl methyl sites for hydroxylation is 1. The van der Waals surface area contributed by atoms with Gasteiger partial charge in [0.25, 0.3) is 5.88 Å². The minimum Gasteiger partial charge on any atom is -0.507 e. The maximum absolute atomic E-state index is 15.3. The van der Waals surface area contributed by atoms with Gasteiger partial charge in [-0.3, -0.25) is 14.5 Å². The first kappa shape index (κ1) is 28.3. The van der Waals surface area contributed by atoms with E-state index in [4.69, 9.17) is 14.0 Å². The van der Waals surface area contributed by atoms with Crippen LogP contribution in [0, 0.1) is 24.6 Å². The van der Waals surface area contributed by atoms with Gasteiger partial charge in [-0.15, -0.1) is 0 Å². The highest BCUT2D eigenvalue weighted by molar-refractivity contribution is 6.26. The van der Waals surface area contributed by atoms with Gasteiger partial charge in [0.1, 0.15) is 22.9 Å². The molecule has 1 heterocycles. The van der Waals surface area contributed by atoms with Crippen molar-refractivity contribution in [2.24, 2.45) is 11.8 Å². The molecular weight excluding hydrogens is 519 g/mol. The van der Waals surface area contributed by atoms with Crippen LogP contribution < -0.4 is 9.47 Å². The molecule has 1 aromatic heterocycles. The van der Waals surface area contributed by atoms with Gasteiger partial charge in [0.05, 0.1) is 24.8 Å². The predicted molar refractivity (Wildman–Crippen MR) is 144 cm³/mol. The molecule has 5 rings (SSSR count). The highest BCUT2D eigenvalue weighted by Crippen LogP contribution is 2.56. The third kappa shape index (κ3) is 4.15. The molecule has 3 aliphatic rings. The number of benzene rings is 1. The van der Waals surface area contributed by atoms with E-state index in [0.29, 0.717) is 24.5 Å². The van der Waals surface area contributed by atoms with E-state index in [0.717, 1.165) is 25.7 Å². The van der Waals surface area contributed by atoms with E-state index < -0.39 is 46.6 Å². The molecule has 216 valence electrons. The standard InChI is InChI=1S/C30H37FN2O7/c1-6-8-10-38-25-15(3)12-19(31)17-13-16-14-18-23(33(4)5)26-22(29(32-40-26)39-11-9-7-2)28(36)30(18,37)27(35)20(16)24(34)21(17)25/h12,16,18,23,34,37H,6-11,13-14H2,1-5H3/t16-,18-,23-,30-/m0/s1. The number of unbranched alkanes of at least 4 members (excludes halogenated alkanes) is 2. The Morgan fingerprint density at radius 2 is 1.80 bits per heavy atom. The number of carbonyl (C=O) groups excluding carboxylic acids is 2. The largest absolute Gasteiger partial charge is 0.507 e. The molecule has 10 heteroatoms. The van der Waals surface area contributed by atoms with Crippen LogP contribution in [0.5, 0.6) is 11.6 Å². The normalized spacial score (nSPS) is 25.4. The molecule has 9 nitrogen and oxygen atoms in total. The van der Waals surface area contributed by atoms with Gasteiger partial charge in [-0.2, -0.15) is 0 Å². The van der Waals surface area contributed by atoms with Gasteiger partial charge in [0, 0.05) is 17.1 Å². The maximum Gasteiger partial charge on any atom is 0.265 e. The van der Waals surface area contributed by atoms with E-state index in [-0.39, 0.29) is 46.7 Å². The van der Waals surface area contributed by atoms with Crippen molar-refractivity contribution < 1.29 is 38.2 Å². The summed E-state index contributed by atoms with van der Waals surface area (Å²) < 4.78 is 32.6. The minimum atomic E-state index is -2.49. The van der Waals surface area contributed by atoms with E-state index >= 15 is 4.39 Å². The molecule has 0 aliphatic heterocycles. The summed E-state index contributed by atoms with van der Waals surface area (Å²) in [4.78, 5) is 30.0. The molecule has 0 spiro atoms. The topological polar surface area (TPSA) is 122 Å². The number of hydrogen-bond acceptors (Lipinski definition) is 9. The van der Waals surface area contributed by atoms with Crippen molar-refractivity contribution >= 4 is 17.3 Å². The summed E-state index contributed by atoms with van der Waals surface area (Å²) in [5.41, 5.74) is -1.74. The maximum atomic E-state index is 15.3. The van der Waals surface area contributed by atoms with Crippen LogP contribution in [0.15, 0.2) is 16.2 Å². The van der Waals surface area contributed by atoms with Gasteiger partial charge in [-0.05, 0) is 69.4 Å². The zero-order valence-corrected chi connectivity index (χ0v) is 23.7. The minimum absolute atomic E-state index is 0.0536. The molecular formula is C30H37FN2O7. The Balaban J connectivity index is 1.64. The van der Waals surface area contributed by atoms with Crippen LogP contribution in [-0.2, 0) is 11.2 Å². The quantitative estimate of drug-likeness (QED) is 0.333. The number of aromatic nitrogens is 1. The van der Waals surface area contributed by atoms with Crippen LogP contribution in [0.2, 0.25) is 0 Å². The van der Waals surface area contributed by atoms with Crippen LogP contribution >= 0.6 is 0 Å². The third-order valence-corrected chi connectivity index (χ3v) is 8.48. The van der Waals surface area contributed by atoms with E-state index in [1.165, 1.54) is 6.07 Å². The van der Waals surface area contributed by atoms with Crippen molar-refractivity contribution in [1.29, 1.82) is 0 Å². The molecule has 4 atom stereocenters. The molecule has 40 heavy (non-hydrogen) atoms. The number of Topliss-reactive ketones (excluding diaryl/α,β-unsaturated/α-hetero) is 2. The summed E-state index contributed by atoms with van der Waals surface area (Å²) in [6.07, 6.45) is 3.48. The van der Waals surface area contributed by atoms with E-state index in [9.17, 15) is 19.8 Å². The first-order chi connectivity index (χ1) is 19.1. The van der Waals surface area contributed by atoms with Gasteiger partial charge in [0.15, 0.2) is 11.4 Å². The third-order valence-electron chi connectivity index (χ3n) is 8.48. The Bertz CT molecular complexity index is 1380. The molecule has 2 N–H and O–H groups in total. The Labute approximate surface area is 232 Å². The van der Waals surface area contributed by atoms with Gasteiger partial charge in [-0.25, -0.2) is 4.39 Å².